The van der Waals surface area contributed by atoms with Gasteiger partial charge in [0, 0.05) is 38.9 Å². The highest BCUT2D eigenvalue weighted by atomic mass is 16.3. The summed E-state index contributed by atoms with van der Waals surface area (Å²) in [5.41, 5.74) is -0.0566. The van der Waals surface area contributed by atoms with E-state index in [4.69, 9.17) is 5.26 Å². The van der Waals surface area contributed by atoms with E-state index in [0.717, 1.165) is 32.0 Å². The number of aliphatic hydroxyl groups is 1. The van der Waals surface area contributed by atoms with Crippen molar-refractivity contribution in [2.24, 2.45) is 0 Å². The second-order valence-electron chi connectivity index (χ2n) is 5.59. The number of hydrogen-bond acceptors (Lipinski definition) is 5. The van der Waals surface area contributed by atoms with E-state index in [1.807, 2.05) is 19.9 Å². The molecule has 0 bridgehead atoms. The first kappa shape index (κ1) is 13.8. The van der Waals surface area contributed by atoms with Gasteiger partial charge in [0.15, 0.2) is 0 Å². The predicted octanol–water partition coefficient (Wildman–Crippen LogP) is 0.846. The summed E-state index contributed by atoms with van der Waals surface area (Å²) >= 11 is 0. The fourth-order valence-electron chi connectivity index (χ4n) is 2.32. The third kappa shape index (κ3) is 3.91. The van der Waals surface area contributed by atoms with Gasteiger partial charge >= 0.3 is 0 Å². The lowest BCUT2D eigenvalue weighted by Gasteiger charge is -2.37. The van der Waals surface area contributed by atoms with Crippen LogP contribution in [0.1, 0.15) is 19.4 Å². The molecule has 1 fully saturated rings. The highest BCUT2D eigenvalue weighted by Gasteiger charge is 2.23. The van der Waals surface area contributed by atoms with E-state index < -0.39 is 5.60 Å². The maximum Gasteiger partial charge on any atom is 0.128 e. The van der Waals surface area contributed by atoms with Crippen molar-refractivity contribution in [3.63, 3.8) is 0 Å². The van der Waals surface area contributed by atoms with Crippen LogP contribution in [0.3, 0.4) is 0 Å². The van der Waals surface area contributed by atoms with Crippen LogP contribution in [0.25, 0.3) is 0 Å². The van der Waals surface area contributed by atoms with Crippen molar-refractivity contribution >= 4 is 5.82 Å². The molecule has 102 valence electrons. The molecule has 5 heteroatoms. The Morgan fingerprint density at radius 1 is 1.32 bits per heavy atom. The maximum absolute atomic E-state index is 9.81. The molecule has 2 heterocycles. The molecule has 0 atom stereocenters. The summed E-state index contributed by atoms with van der Waals surface area (Å²) in [5, 5.41) is 18.6. The Bertz CT molecular complexity index is 450. The number of rotatable bonds is 3. The topological polar surface area (TPSA) is 63.4 Å². The minimum atomic E-state index is -0.644. The normalized spacial score (nSPS) is 17.3. The number of hydrogen-bond donors (Lipinski definition) is 1. The minimum Gasteiger partial charge on any atom is -0.389 e. The number of piperazine rings is 1. The van der Waals surface area contributed by atoms with Gasteiger partial charge in [-0.25, -0.2) is 4.98 Å². The summed E-state index contributed by atoms with van der Waals surface area (Å²) in [5.74, 6) is 0.918. The monoisotopic (exact) mass is 260 g/mol. The summed E-state index contributed by atoms with van der Waals surface area (Å²) in [4.78, 5) is 8.78. The van der Waals surface area contributed by atoms with Gasteiger partial charge < -0.3 is 10.0 Å². The van der Waals surface area contributed by atoms with Crippen LogP contribution in [0.5, 0.6) is 0 Å². The van der Waals surface area contributed by atoms with Crippen molar-refractivity contribution < 1.29 is 5.11 Å². The van der Waals surface area contributed by atoms with Crippen LogP contribution >= 0.6 is 0 Å². The molecule has 1 aromatic rings. The van der Waals surface area contributed by atoms with Gasteiger partial charge in [-0.1, -0.05) is 0 Å². The largest absolute Gasteiger partial charge is 0.389 e. The van der Waals surface area contributed by atoms with Gasteiger partial charge in [-0.2, -0.15) is 5.26 Å². The average molecular weight is 260 g/mol. The van der Waals surface area contributed by atoms with Crippen LogP contribution in [-0.2, 0) is 0 Å². The molecule has 0 saturated carbocycles. The second-order valence-corrected chi connectivity index (χ2v) is 5.59. The molecule has 0 aliphatic carbocycles. The van der Waals surface area contributed by atoms with Gasteiger partial charge in [-0.3, -0.25) is 4.90 Å². The first-order valence-corrected chi connectivity index (χ1v) is 6.54. The van der Waals surface area contributed by atoms with Crippen molar-refractivity contribution in [3.8, 4) is 6.07 Å². The Labute approximate surface area is 114 Å². The molecule has 0 aromatic carbocycles. The van der Waals surface area contributed by atoms with E-state index >= 15 is 0 Å². The number of aromatic nitrogens is 1. The fourth-order valence-corrected chi connectivity index (χ4v) is 2.32. The van der Waals surface area contributed by atoms with E-state index in [1.165, 1.54) is 0 Å². The summed E-state index contributed by atoms with van der Waals surface area (Å²) in [6, 6.07) is 5.76. The molecule has 19 heavy (non-hydrogen) atoms. The van der Waals surface area contributed by atoms with Crippen LogP contribution in [-0.4, -0.2) is 53.3 Å². The summed E-state index contributed by atoms with van der Waals surface area (Å²) in [7, 11) is 0. The maximum atomic E-state index is 9.81. The number of nitriles is 1. The zero-order chi connectivity index (χ0) is 13.9. The number of anilines is 1. The lowest BCUT2D eigenvalue weighted by molar-refractivity contribution is 0.0344. The molecule has 1 saturated heterocycles. The summed E-state index contributed by atoms with van der Waals surface area (Å²) in [6.45, 7) is 8.01. The number of β-amino-alcohol motifs (C(OH)–C–C–N with tert-alkyl or cyclic N) is 1. The Morgan fingerprint density at radius 2 is 2.00 bits per heavy atom. The molecular weight excluding hydrogens is 240 g/mol. The lowest BCUT2D eigenvalue weighted by atomic mass is 10.1. The summed E-state index contributed by atoms with van der Waals surface area (Å²) in [6.07, 6.45) is 1.61. The van der Waals surface area contributed by atoms with Gasteiger partial charge in [0.25, 0.3) is 0 Å². The first-order chi connectivity index (χ1) is 8.98. The van der Waals surface area contributed by atoms with Crippen LogP contribution in [0, 0.1) is 11.3 Å². The van der Waals surface area contributed by atoms with E-state index in [2.05, 4.69) is 20.9 Å². The van der Waals surface area contributed by atoms with Gasteiger partial charge in [0.1, 0.15) is 11.9 Å². The molecule has 0 unspecified atom stereocenters. The third-order valence-corrected chi connectivity index (χ3v) is 3.18. The quantitative estimate of drug-likeness (QED) is 0.872. The molecule has 0 radical (unpaired) electrons. The molecule has 2 rings (SSSR count). The SMILES string of the molecule is CC(C)(O)CN1CCN(c2ccc(C#N)cn2)CC1. The highest BCUT2D eigenvalue weighted by molar-refractivity contribution is 5.42. The van der Waals surface area contributed by atoms with E-state index in [-0.39, 0.29) is 0 Å². The number of pyridine rings is 1. The van der Waals surface area contributed by atoms with Crippen LogP contribution < -0.4 is 4.90 Å². The van der Waals surface area contributed by atoms with Crippen molar-refractivity contribution in [2.45, 2.75) is 19.4 Å². The highest BCUT2D eigenvalue weighted by Crippen LogP contribution is 2.15. The molecule has 5 nitrogen and oxygen atoms in total. The van der Waals surface area contributed by atoms with Crippen molar-refractivity contribution in [2.75, 3.05) is 37.6 Å². The first-order valence-electron chi connectivity index (χ1n) is 6.54. The molecular formula is C14H20N4O. The molecule has 1 N–H and O–H groups in total. The summed E-state index contributed by atoms with van der Waals surface area (Å²) < 4.78 is 0. The Kier molecular flexibility index (Phi) is 4.03. The van der Waals surface area contributed by atoms with E-state index in [1.54, 1.807) is 12.3 Å². The van der Waals surface area contributed by atoms with Crippen LogP contribution in [0.15, 0.2) is 18.3 Å². The van der Waals surface area contributed by atoms with Crippen LogP contribution in [0.2, 0.25) is 0 Å². The van der Waals surface area contributed by atoms with E-state index in [0.29, 0.717) is 12.1 Å². The van der Waals surface area contributed by atoms with E-state index in [9.17, 15) is 5.11 Å². The molecule has 1 aliphatic heterocycles. The predicted molar refractivity (Wildman–Crippen MR) is 73.9 cm³/mol. The van der Waals surface area contributed by atoms with Crippen molar-refractivity contribution in [1.82, 2.24) is 9.88 Å². The molecule has 0 amide bonds. The standard InChI is InChI=1S/C14H20N4O/c1-14(2,19)11-17-5-7-18(8-6-17)13-4-3-12(9-15)10-16-13/h3-4,10,19H,5-8,11H2,1-2H3. The zero-order valence-electron chi connectivity index (χ0n) is 11.5. The van der Waals surface area contributed by atoms with Crippen LogP contribution in [0.4, 0.5) is 5.82 Å². The minimum absolute atomic E-state index is 0.587. The fraction of sp³-hybridized carbons (Fsp3) is 0.571. The van der Waals surface area contributed by atoms with Crippen molar-refractivity contribution in [1.29, 1.82) is 5.26 Å². The van der Waals surface area contributed by atoms with Gasteiger partial charge in [0.05, 0.1) is 11.2 Å². The third-order valence-electron chi connectivity index (χ3n) is 3.18. The number of nitrogens with zero attached hydrogens (tertiary/aromatic N) is 4. The zero-order valence-corrected chi connectivity index (χ0v) is 11.5. The molecule has 0 spiro atoms. The average Bonchev–Trinajstić information content (AvgIpc) is 2.38. The smallest absolute Gasteiger partial charge is 0.128 e. The molecule has 1 aliphatic rings. The lowest BCUT2D eigenvalue weighted by Crippen LogP contribution is -2.50. The second kappa shape index (κ2) is 5.55. The van der Waals surface area contributed by atoms with Crippen molar-refractivity contribution in [3.05, 3.63) is 23.9 Å². The molecule has 1 aromatic heterocycles. The Balaban J connectivity index is 1.91. The van der Waals surface area contributed by atoms with Gasteiger partial charge in [-0.15, -0.1) is 0 Å². The Hall–Kier alpha value is -1.64. The van der Waals surface area contributed by atoms with Gasteiger partial charge in [-0.05, 0) is 26.0 Å². The van der Waals surface area contributed by atoms with Gasteiger partial charge in [0.2, 0.25) is 0 Å². The Morgan fingerprint density at radius 3 is 2.47 bits per heavy atom.